The third kappa shape index (κ3) is 5.74. The number of anilines is 1. The summed E-state index contributed by atoms with van der Waals surface area (Å²) in [6, 6.07) is 22.5. The number of para-hydroxylation sites is 1. The Bertz CT molecular complexity index is 1140. The fourth-order valence-electron chi connectivity index (χ4n) is 3.17. The number of carbonyl (C=O) groups is 2. The summed E-state index contributed by atoms with van der Waals surface area (Å²) >= 11 is 1.22. The number of nitriles is 1. The molecule has 1 heterocycles. The molecular formula is C25H24N4O2S. The quantitative estimate of drug-likeness (QED) is 0.536. The third-order valence-electron chi connectivity index (χ3n) is 4.85. The van der Waals surface area contributed by atoms with E-state index in [2.05, 4.69) is 16.4 Å². The normalized spacial score (nSPS) is 11.3. The zero-order valence-corrected chi connectivity index (χ0v) is 19.0. The Morgan fingerprint density at radius 3 is 2.38 bits per heavy atom. The number of pyridine rings is 1. The average Bonchev–Trinajstić information content (AvgIpc) is 2.80. The first-order valence-electron chi connectivity index (χ1n) is 10.1. The van der Waals surface area contributed by atoms with E-state index in [1.165, 1.54) is 17.8 Å². The number of benzene rings is 2. The van der Waals surface area contributed by atoms with Gasteiger partial charge in [-0.1, -0.05) is 60.3 Å². The van der Waals surface area contributed by atoms with Crippen LogP contribution >= 0.6 is 11.8 Å². The molecule has 1 aromatic heterocycles. The molecule has 0 saturated heterocycles. The topological polar surface area (TPSA) is 86.1 Å². The van der Waals surface area contributed by atoms with Gasteiger partial charge < -0.3 is 10.2 Å². The molecule has 1 N–H and O–H groups in total. The van der Waals surface area contributed by atoms with Gasteiger partial charge in [-0.25, -0.2) is 4.98 Å². The molecule has 0 spiro atoms. The molecule has 0 radical (unpaired) electrons. The number of amides is 2. The number of hydrogen-bond acceptors (Lipinski definition) is 5. The molecule has 0 fully saturated rings. The van der Waals surface area contributed by atoms with Crippen LogP contribution in [0.5, 0.6) is 0 Å². The van der Waals surface area contributed by atoms with Crippen LogP contribution in [-0.4, -0.2) is 34.0 Å². The molecule has 7 heteroatoms. The van der Waals surface area contributed by atoms with Gasteiger partial charge in [-0.05, 0) is 37.6 Å². The highest BCUT2D eigenvalue weighted by molar-refractivity contribution is 8.00. The molecule has 0 aliphatic rings. The molecule has 2 aromatic carbocycles. The van der Waals surface area contributed by atoms with Gasteiger partial charge in [-0.2, -0.15) is 5.26 Å². The van der Waals surface area contributed by atoms with Crippen molar-refractivity contribution >= 4 is 29.3 Å². The van der Waals surface area contributed by atoms with Crippen molar-refractivity contribution in [2.24, 2.45) is 0 Å². The summed E-state index contributed by atoms with van der Waals surface area (Å²) < 4.78 is 0. The van der Waals surface area contributed by atoms with E-state index >= 15 is 0 Å². The molecule has 3 aromatic rings. The van der Waals surface area contributed by atoms with E-state index in [-0.39, 0.29) is 17.4 Å². The molecule has 6 nitrogen and oxygen atoms in total. The van der Waals surface area contributed by atoms with Gasteiger partial charge >= 0.3 is 0 Å². The van der Waals surface area contributed by atoms with Gasteiger partial charge in [0.15, 0.2) is 0 Å². The highest BCUT2D eigenvalue weighted by Gasteiger charge is 2.23. The summed E-state index contributed by atoms with van der Waals surface area (Å²) in [7, 11) is 1.76. The number of nitrogens with one attached hydrogen (secondary N) is 1. The largest absolute Gasteiger partial charge is 0.340 e. The van der Waals surface area contributed by atoms with Crippen LogP contribution in [0, 0.1) is 18.3 Å². The summed E-state index contributed by atoms with van der Waals surface area (Å²) in [5.41, 5.74) is 2.80. The molecule has 1 unspecified atom stereocenters. The zero-order valence-electron chi connectivity index (χ0n) is 18.2. The Labute approximate surface area is 192 Å². The van der Waals surface area contributed by atoms with Crippen LogP contribution in [0.25, 0.3) is 0 Å². The Kier molecular flexibility index (Phi) is 7.63. The Hall–Kier alpha value is -3.63. The number of rotatable bonds is 7. The Morgan fingerprint density at radius 1 is 1.12 bits per heavy atom. The minimum absolute atomic E-state index is 0.0620. The molecule has 32 heavy (non-hydrogen) atoms. The van der Waals surface area contributed by atoms with Crippen LogP contribution in [0.2, 0.25) is 0 Å². The second-order valence-electron chi connectivity index (χ2n) is 7.35. The zero-order chi connectivity index (χ0) is 23.1. The molecule has 162 valence electrons. The molecule has 0 aliphatic heterocycles. The van der Waals surface area contributed by atoms with Gasteiger partial charge in [-0.15, -0.1) is 0 Å². The molecule has 0 bridgehead atoms. The van der Waals surface area contributed by atoms with Crippen molar-refractivity contribution in [2.75, 3.05) is 12.4 Å². The first-order valence-corrected chi connectivity index (χ1v) is 11.0. The first-order chi connectivity index (χ1) is 15.4. The smallest absolute Gasteiger partial charge is 0.257 e. The van der Waals surface area contributed by atoms with E-state index in [0.29, 0.717) is 28.5 Å². The van der Waals surface area contributed by atoms with Gasteiger partial charge in [0, 0.05) is 19.3 Å². The number of hydrogen-bond donors (Lipinski definition) is 1. The maximum absolute atomic E-state index is 12.8. The highest BCUT2D eigenvalue weighted by Crippen LogP contribution is 2.28. The fourth-order valence-corrected chi connectivity index (χ4v) is 4.20. The van der Waals surface area contributed by atoms with Crippen molar-refractivity contribution < 1.29 is 9.59 Å². The lowest BCUT2D eigenvalue weighted by Crippen LogP contribution is -2.32. The molecule has 2 amide bonds. The van der Waals surface area contributed by atoms with Crippen molar-refractivity contribution in [3.8, 4) is 6.07 Å². The first kappa shape index (κ1) is 23.0. The lowest BCUT2D eigenvalue weighted by atomic mass is 10.1. The molecule has 0 saturated carbocycles. The lowest BCUT2D eigenvalue weighted by Gasteiger charge is -2.21. The van der Waals surface area contributed by atoms with Crippen molar-refractivity contribution in [2.45, 2.75) is 30.7 Å². The molecule has 1 atom stereocenters. The SMILES string of the molecule is Cc1nc(SC(C)C(=O)N(C)Cc2ccccc2)c(C#N)cc1C(=O)Nc1ccccc1. The number of aromatic nitrogens is 1. The fraction of sp³-hybridized carbons (Fsp3) is 0.200. The van der Waals surface area contributed by atoms with Crippen molar-refractivity contribution in [1.29, 1.82) is 5.26 Å². The molecule has 0 aliphatic carbocycles. The second kappa shape index (κ2) is 10.6. The van der Waals surface area contributed by atoms with Crippen LogP contribution in [-0.2, 0) is 11.3 Å². The Morgan fingerprint density at radius 2 is 1.75 bits per heavy atom. The van der Waals surface area contributed by atoms with Crippen molar-refractivity contribution in [1.82, 2.24) is 9.88 Å². The van der Waals surface area contributed by atoms with Gasteiger partial charge in [0.05, 0.1) is 22.1 Å². The van der Waals surface area contributed by atoms with Crippen LogP contribution < -0.4 is 5.32 Å². The van der Waals surface area contributed by atoms with Gasteiger partial charge in [0.2, 0.25) is 5.91 Å². The standard InChI is InChI=1S/C25H24N4O2S/c1-17-22(23(30)28-21-12-8-5-9-13-21)14-20(15-26)24(27-17)32-18(2)25(31)29(3)16-19-10-6-4-7-11-19/h4-14,18H,16H2,1-3H3,(H,28,30). The third-order valence-corrected chi connectivity index (χ3v) is 5.94. The number of thioether (sulfide) groups is 1. The lowest BCUT2D eigenvalue weighted by molar-refractivity contribution is -0.129. The van der Waals surface area contributed by atoms with E-state index < -0.39 is 5.25 Å². The minimum Gasteiger partial charge on any atom is -0.340 e. The highest BCUT2D eigenvalue weighted by atomic mass is 32.2. The van der Waals surface area contributed by atoms with E-state index in [0.717, 1.165) is 5.56 Å². The monoisotopic (exact) mass is 444 g/mol. The van der Waals surface area contributed by atoms with Crippen molar-refractivity contribution in [3.05, 3.63) is 89.1 Å². The molecular weight excluding hydrogens is 420 g/mol. The second-order valence-corrected chi connectivity index (χ2v) is 8.68. The maximum Gasteiger partial charge on any atom is 0.257 e. The molecule has 3 rings (SSSR count). The van der Waals surface area contributed by atoms with Crippen LogP contribution in [0.4, 0.5) is 5.69 Å². The number of nitrogens with zero attached hydrogens (tertiary/aromatic N) is 3. The van der Waals surface area contributed by atoms with E-state index in [1.807, 2.05) is 48.5 Å². The summed E-state index contributed by atoms with van der Waals surface area (Å²) in [6.45, 7) is 4.02. The van der Waals surface area contributed by atoms with Gasteiger partial charge in [0.1, 0.15) is 11.1 Å². The van der Waals surface area contributed by atoms with Crippen LogP contribution in [0.3, 0.4) is 0 Å². The number of aryl methyl sites for hydroxylation is 1. The predicted octanol–water partition coefficient (Wildman–Crippen LogP) is 4.65. The Balaban J connectivity index is 1.73. The van der Waals surface area contributed by atoms with E-state index in [9.17, 15) is 14.9 Å². The van der Waals surface area contributed by atoms with Gasteiger partial charge in [0.25, 0.3) is 5.91 Å². The summed E-state index contributed by atoms with van der Waals surface area (Å²) in [4.78, 5) is 31.7. The minimum atomic E-state index is -0.438. The van der Waals surface area contributed by atoms with Crippen molar-refractivity contribution in [3.63, 3.8) is 0 Å². The summed E-state index contributed by atoms with van der Waals surface area (Å²) in [5, 5.41) is 12.4. The summed E-state index contributed by atoms with van der Waals surface area (Å²) in [5.74, 6) is -0.394. The van der Waals surface area contributed by atoms with E-state index in [1.54, 1.807) is 37.9 Å². The van der Waals surface area contributed by atoms with Gasteiger partial charge in [-0.3, -0.25) is 9.59 Å². The van der Waals surface area contributed by atoms with Crippen LogP contribution in [0.1, 0.15) is 34.1 Å². The van der Waals surface area contributed by atoms with Crippen LogP contribution in [0.15, 0.2) is 71.8 Å². The predicted molar refractivity (Wildman–Crippen MR) is 126 cm³/mol. The number of carbonyl (C=O) groups excluding carboxylic acids is 2. The summed E-state index contributed by atoms with van der Waals surface area (Å²) in [6.07, 6.45) is 0. The van der Waals surface area contributed by atoms with E-state index in [4.69, 9.17) is 0 Å². The maximum atomic E-state index is 12.8. The average molecular weight is 445 g/mol.